The van der Waals surface area contributed by atoms with Gasteiger partial charge in [0.15, 0.2) is 0 Å². The maximum atomic E-state index is 9.59. The Kier molecular flexibility index (Phi) is 5.13. The van der Waals surface area contributed by atoms with Crippen molar-refractivity contribution in [1.82, 2.24) is 4.57 Å². The van der Waals surface area contributed by atoms with E-state index in [0.717, 1.165) is 32.7 Å². The molecule has 0 radical (unpaired) electrons. The summed E-state index contributed by atoms with van der Waals surface area (Å²) < 4.78 is 3.12. The fourth-order valence-electron chi connectivity index (χ4n) is 2.91. The van der Waals surface area contributed by atoms with Crippen LogP contribution in [0.3, 0.4) is 0 Å². The van der Waals surface area contributed by atoms with Gasteiger partial charge < -0.3 is 4.57 Å². The van der Waals surface area contributed by atoms with Crippen molar-refractivity contribution in [2.24, 2.45) is 0 Å². The van der Waals surface area contributed by atoms with Gasteiger partial charge in [0.2, 0.25) is 0 Å². The van der Waals surface area contributed by atoms with Crippen molar-refractivity contribution in [1.29, 1.82) is 5.26 Å². The van der Waals surface area contributed by atoms with E-state index in [-0.39, 0.29) is 0 Å². The molecule has 0 spiro atoms. The van der Waals surface area contributed by atoms with E-state index in [4.69, 9.17) is 11.6 Å². The topological polar surface area (TPSA) is 28.7 Å². The van der Waals surface area contributed by atoms with Crippen molar-refractivity contribution in [2.75, 3.05) is 0 Å². The second-order valence-electron chi connectivity index (χ2n) is 5.82. The molecule has 0 bridgehead atoms. The van der Waals surface area contributed by atoms with Crippen LogP contribution in [0.25, 0.3) is 17.3 Å². The SMILES string of the molecule is Cc1cc(/C=C(/C#N)c2cccc(Br)c2)c(C)n1-c1ccc(Cl)cc1. The normalized spacial score (nSPS) is 11.4. The van der Waals surface area contributed by atoms with Gasteiger partial charge >= 0.3 is 0 Å². The van der Waals surface area contributed by atoms with Crippen LogP contribution in [-0.2, 0) is 0 Å². The highest BCUT2D eigenvalue weighted by Gasteiger charge is 2.11. The Morgan fingerprint density at radius 1 is 1.12 bits per heavy atom. The molecule has 0 aliphatic carbocycles. The van der Waals surface area contributed by atoms with Crippen molar-refractivity contribution < 1.29 is 0 Å². The van der Waals surface area contributed by atoms with Crippen LogP contribution >= 0.6 is 27.5 Å². The zero-order valence-electron chi connectivity index (χ0n) is 13.9. The zero-order chi connectivity index (χ0) is 18.0. The molecule has 0 saturated heterocycles. The number of aromatic nitrogens is 1. The largest absolute Gasteiger partial charge is 0.318 e. The first kappa shape index (κ1) is 17.5. The number of nitrogens with zero attached hydrogens (tertiary/aromatic N) is 2. The highest BCUT2D eigenvalue weighted by molar-refractivity contribution is 9.10. The molecule has 0 fully saturated rings. The van der Waals surface area contributed by atoms with Crippen molar-refractivity contribution in [3.05, 3.63) is 86.6 Å². The maximum absolute atomic E-state index is 9.59. The Morgan fingerprint density at radius 2 is 1.84 bits per heavy atom. The van der Waals surface area contributed by atoms with Gasteiger partial charge in [-0.3, -0.25) is 0 Å². The van der Waals surface area contributed by atoms with Gasteiger partial charge in [-0.15, -0.1) is 0 Å². The number of rotatable bonds is 3. The van der Waals surface area contributed by atoms with Crippen LogP contribution in [-0.4, -0.2) is 4.57 Å². The van der Waals surface area contributed by atoms with Crippen molar-refractivity contribution >= 4 is 39.2 Å². The minimum Gasteiger partial charge on any atom is -0.318 e. The van der Waals surface area contributed by atoms with E-state index in [9.17, 15) is 5.26 Å². The fraction of sp³-hybridized carbons (Fsp3) is 0.0952. The lowest BCUT2D eigenvalue weighted by molar-refractivity contribution is 0.964. The average molecular weight is 412 g/mol. The molecule has 2 nitrogen and oxygen atoms in total. The molecule has 0 atom stereocenters. The monoisotopic (exact) mass is 410 g/mol. The molecular formula is C21H16BrClN2. The Labute approximate surface area is 161 Å². The van der Waals surface area contributed by atoms with E-state index in [1.807, 2.05) is 54.6 Å². The maximum Gasteiger partial charge on any atom is 0.0998 e. The van der Waals surface area contributed by atoms with Gasteiger partial charge in [-0.25, -0.2) is 0 Å². The molecule has 0 aliphatic rings. The van der Waals surface area contributed by atoms with E-state index in [2.05, 4.69) is 46.5 Å². The predicted molar refractivity (Wildman–Crippen MR) is 108 cm³/mol. The van der Waals surface area contributed by atoms with E-state index < -0.39 is 0 Å². The van der Waals surface area contributed by atoms with Crippen LogP contribution in [0.4, 0.5) is 0 Å². The molecule has 0 amide bonds. The van der Waals surface area contributed by atoms with Gasteiger partial charge in [0.1, 0.15) is 0 Å². The van der Waals surface area contributed by atoms with Gasteiger partial charge in [-0.05, 0) is 73.5 Å². The Bertz CT molecular complexity index is 992. The third kappa shape index (κ3) is 3.71. The van der Waals surface area contributed by atoms with E-state index in [1.165, 1.54) is 0 Å². The molecule has 0 saturated carbocycles. The van der Waals surface area contributed by atoms with Gasteiger partial charge in [-0.1, -0.05) is 39.7 Å². The van der Waals surface area contributed by atoms with Crippen LogP contribution in [0.1, 0.15) is 22.5 Å². The number of hydrogen-bond acceptors (Lipinski definition) is 1. The first-order valence-corrected chi connectivity index (χ1v) is 8.99. The third-order valence-electron chi connectivity index (χ3n) is 4.11. The molecule has 0 aliphatic heterocycles. The molecule has 4 heteroatoms. The summed E-state index contributed by atoms with van der Waals surface area (Å²) in [5, 5.41) is 10.3. The second-order valence-corrected chi connectivity index (χ2v) is 7.17. The number of allylic oxidation sites excluding steroid dienone is 1. The Hall–Kier alpha value is -2.28. The number of nitriles is 1. The summed E-state index contributed by atoms with van der Waals surface area (Å²) in [5.74, 6) is 0. The summed E-state index contributed by atoms with van der Waals surface area (Å²) in [6, 6.07) is 19.9. The summed E-state index contributed by atoms with van der Waals surface area (Å²) in [4.78, 5) is 0. The number of hydrogen-bond donors (Lipinski definition) is 0. The van der Waals surface area contributed by atoms with Crippen LogP contribution in [0.15, 0.2) is 59.1 Å². The lowest BCUT2D eigenvalue weighted by Crippen LogP contribution is -1.98. The van der Waals surface area contributed by atoms with E-state index >= 15 is 0 Å². The van der Waals surface area contributed by atoms with Crippen LogP contribution in [0.2, 0.25) is 5.02 Å². The van der Waals surface area contributed by atoms with E-state index in [0.29, 0.717) is 10.6 Å². The second kappa shape index (κ2) is 7.31. The summed E-state index contributed by atoms with van der Waals surface area (Å²) >= 11 is 9.45. The summed E-state index contributed by atoms with van der Waals surface area (Å²) in [7, 11) is 0. The summed E-state index contributed by atoms with van der Waals surface area (Å²) in [6.07, 6.45) is 1.94. The highest BCUT2D eigenvalue weighted by atomic mass is 79.9. The quantitative estimate of drug-likeness (QED) is 0.448. The van der Waals surface area contributed by atoms with Gasteiger partial charge in [0, 0.05) is 26.6 Å². The Balaban J connectivity index is 2.08. The molecule has 1 heterocycles. The smallest absolute Gasteiger partial charge is 0.0998 e. The minimum absolute atomic E-state index is 0.637. The zero-order valence-corrected chi connectivity index (χ0v) is 16.3. The van der Waals surface area contributed by atoms with Gasteiger partial charge in [-0.2, -0.15) is 5.26 Å². The fourth-order valence-corrected chi connectivity index (χ4v) is 3.44. The van der Waals surface area contributed by atoms with Crippen molar-refractivity contribution in [2.45, 2.75) is 13.8 Å². The molecular weight excluding hydrogens is 396 g/mol. The number of benzene rings is 2. The lowest BCUT2D eigenvalue weighted by atomic mass is 10.0. The first-order valence-electron chi connectivity index (χ1n) is 7.82. The van der Waals surface area contributed by atoms with Gasteiger partial charge in [0.05, 0.1) is 11.6 Å². The predicted octanol–water partition coefficient (Wildman–Crippen LogP) is 6.57. The summed E-state index contributed by atoms with van der Waals surface area (Å²) in [6.45, 7) is 4.12. The lowest BCUT2D eigenvalue weighted by Gasteiger charge is -2.09. The first-order chi connectivity index (χ1) is 12.0. The number of aryl methyl sites for hydroxylation is 1. The van der Waals surface area contributed by atoms with E-state index in [1.54, 1.807) is 0 Å². The van der Waals surface area contributed by atoms with Crippen LogP contribution in [0, 0.1) is 25.2 Å². The molecule has 2 aromatic carbocycles. The molecule has 0 N–H and O–H groups in total. The minimum atomic E-state index is 0.637. The molecule has 1 aromatic heterocycles. The third-order valence-corrected chi connectivity index (χ3v) is 4.86. The molecule has 0 unspecified atom stereocenters. The molecule has 124 valence electrons. The van der Waals surface area contributed by atoms with Gasteiger partial charge in [0.25, 0.3) is 0 Å². The molecule has 3 aromatic rings. The average Bonchev–Trinajstić information content (AvgIpc) is 2.87. The number of halogens is 2. The molecule has 3 rings (SSSR count). The Morgan fingerprint density at radius 3 is 2.48 bits per heavy atom. The van der Waals surface area contributed by atoms with Crippen LogP contribution in [0.5, 0.6) is 0 Å². The van der Waals surface area contributed by atoms with Crippen LogP contribution < -0.4 is 0 Å². The standard InChI is InChI=1S/C21H16BrClN2/c1-14-10-17(11-18(13-24)16-4-3-5-19(22)12-16)15(2)25(14)21-8-6-20(23)7-9-21/h3-12H,1-2H3/b18-11-. The van der Waals surface area contributed by atoms with Crippen molar-refractivity contribution in [3.8, 4) is 11.8 Å². The van der Waals surface area contributed by atoms with Crippen molar-refractivity contribution in [3.63, 3.8) is 0 Å². The molecule has 25 heavy (non-hydrogen) atoms. The summed E-state index contributed by atoms with van der Waals surface area (Å²) in [5.41, 5.74) is 5.81. The highest BCUT2D eigenvalue weighted by Crippen LogP contribution is 2.26.